The van der Waals surface area contributed by atoms with Crippen molar-refractivity contribution in [2.45, 2.75) is 18.6 Å². The van der Waals surface area contributed by atoms with Gasteiger partial charge in [0.25, 0.3) is 0 Å². The number of anilines is 1. The average Bonchev–Trinajstić information content (AvgIpc) is 2.80. The molecular weight excluding hydrogens is 346 g/mol. The fraction of sp³-hybridized carbons (Fsp3) is 0.500. The molecule has 0 aromatic heterocycles. The van der Waals surface area contributed by atoms with Gasteiger partial charge in [-0.25, -0.2) is 8.42 Å². The van der Waals surface area contributed by atoms with E-state index in [9.17, 15) is 13.2 Å². The molecule has 1 atom stereocenters. The van der Waals surface area contributed by atoms with Crippen molar-refractivity contribution in [3.8, 4) is 5.75 Å². The van der Waals surface area contributed by atoms with Crippen LogP contribution in [0.15, 0.2) is 12.1 Å². The van der Waals surface area contributed by atoms with Crippen LogP contribution in [0.2, 0.25) is 5.02 Å². The summed E-state index contributed by atoms with van der Waals surface area (Å²) >= 11 is 7.40. The van der Waals surface area contributed by atoms with Crippen LogP contribution in [-0.2, 0) is 14.6 Å². The molecule has 22 heavy (non-hydrogen) atoms. The van der Waals surface area contributed by atoms with Crippen molar-refractivity contribution in [1.29, 1.82) is 0 Å². The smallest absolute Gasteiger partial charge is 0.234 e. The van der Waals surface area contributed by atoms with E-state index < -0.39 is 9.84 Å². The first-order valence-corrected chi connectivity index (χ1v) is 10.0. The lowest BCUT2D eigenvalue weighted by Gasteiger charge is -2.13. The molecule has 2 rings (SSSR count). The Bertz CT molecular complexity index is 676. The first-order valence-electron chi connectivity index (χ1n) is 6.77. The number of rotatable bonds is 5. The summed E-state index contributed by atoms with van der Waals surface area (Å²) in [6, 6.07) is 3.41. The van der Waals surface area contributed by atoms with Gasteiger partial charge in [0.05, 0.1) is 30.1 Å². The molecule has 1 aromatic carbocycles. The van der Waals surface area contributed by atoms with Gasteiger partial charge < -0.3 is 10.1 Å². The SMILES string of the molecule is COc1cc(Cl)c(C)cc1NC(=O)CS[C@H]1CCS(=O)(=O)C1. The Morgan fingerprint density at radius 3 is 2.82 bits per heavy atom. The molecule has 0 spiro atoms. The third kappa shape index (κ3) is 4.54. The molecule has 1 aromatic rings. The van der Waals surface area contributed by atoms with Gasteiger partial charge in [-0.15, -0.1) is 11.8 Å². The molecular formula is C14H18ClNO4S2. The molecule has 0 saturated carbocycles. The molecule has 122 valence electrons. The summed E-state index contributed by atoms with van der Waals surface area (Å²) in [5, 5.41) is 3.36. The zero-order chi connectivity index (χ0) is 16.3. The molecule has 0 aliphatic carbocycles. The van der Waals surface area contributed by atoms with Crippen LogP contribution in [0.5, 0.6) is 5.75 Å². The molecule has 1 fully saturated rings. The minimum atomic E-state index is -2.91. The zero-order valence-corrected chi connectivity index (χ0v) is 14.8. The molecule has 0 unspecified atom stereocenters. The van der Waals surface area contributed by atoms with Gasteiger partial charge in [0.1, 0.15) is 5.75 Å². The first-order chi connectivity index (χ1) is 10.3. The fourth-order valence-electron chi connectivity index (χ4n) is 2.20. The van der Waals surface area contributed by atoms with E-state index in [0.717, 1.165) is 5.56 Å². The maximum atomic E-state index is 12.0. The second-order valence-electron chi connectivity index (χ2n) is 5.19. The number of sulfone groups is 1. The molecule has 1 N–H and O–H groups in total. The van der Waals surface area contributed by atoms with E-state index in [0.29, 0.717) is 22.9 Å². The number of ether oxygens (including phenoxy) is 1. The molecule has 0 bridgehead atoms. The molecule has 1 amide bonds. The van der Waals surface area contributed by atoms with Crippen molar-refractivity contribution >= 4 is 44.8 Å². The Balaban J connectivity index is 1.94. The van der Waals surface area contributed by atoms with Gasteiger partial charge in [-0.2, -0.15) is 0 Å². The number of methoxy groups -OCH3 is 1. The van der Waals surface area contributed by atoms with Gasteiger partial charge in [0.15, 0.2) is 9.84 Å². The van der Waals surface area contributed by atoms with Gasteiger partial charge in [-0.3, -0.25) is 4.79 Å². The second-order valence-corrected chi connectivity index (χ2v) is 9.11. The minimum absolute atomic E-state index is 0.00426. The topological polar surface area (TPSA) is 72.5 Å². The van der Waals surface area contributed by atoms with Crippen molar-refractivity contribution in [3.63, 3.8) is 0 Å². The summed E-state index contributed by atoms with van der Waals surface area (Å²) in [6.45, 7) is 1.84. The second kappa shape index (κ2) is 7.10. The minimum Gasteiger partial charge on any atom is -0.495 e. The monoisotopic (exact) mass is 363 g/mol. The van der Waals surface area contributed by atoms with Gasteiger partial charge in [-0.05, 0) is 25.0 Å². The Kier molecular flexibility index (Phi) is 5.63. The van der Waals surface area contributed by atoms with Crippen LogP contribution >= 0.6 is 23.4 Å². The highest BCUT2D eigenvalue weighted by atomic mass is 35.5. The summed E-state index contributed by atoms with van der Waals surface area (Å²) in [5.41, 5.74) is 1.40. The van der Waals surface area contributed by atoms with Gasteiger partial charge in [0, 0.05) is 16.3 Å². The van der Waals surface area contributed by atoms with Crippen LogP contribution in [0.4, 0.5) is 5.69 Å². The van der Waals surface area contributed by atoms with E-state index in [1.807, 2.05) is 6.92 Å². The third-order valence-electron chi connectivity index (χ3n) is 3.40. The highest BCUT2D eigenvalue weighted by molar-refractivity contribution is 8.02. The number of aryl methyl sites for hydroxylation is 1. The fourth-order valence-corrected chi connectivity index (χ4v) is 5.80. The summed E-state index contributed by atoms with van der Waals surface area (Å²) in [6.07, 6.45) is 0.615. The number of hydrogen-bond donors (Lipinski definition) is 1. The highest BCUT2D eigenvalue weighted by Crippen LogP contribution is 2.31. The molecule has 8 heteroatoms. The lowest BCUT2D eigenvalue weighted by atomic mass is 10.2. The number of hydrogen-bond acceptors (Lipinski definition) is 5. The first kappa shape index (κ1) is 17.4. The van der Waals surface area contributed by atoms with E-state index in [4.69, 9.17) is 16.3 Å². The van der Waals surface area contributed by atoms with E-state index in [2.05, 4.69) is 5.32 Å². The van der Waals surface area contributed by atoms with Crippen molar-refractivity contribution in [2.75, 3.05) is 29.7 Å². The average molecular weight is 364 g/mol. The van der Waals surface area contributed by atoms with Gasteiger partial charge >= 0.3 is 0 Å². The predicted molar refractivity (Wildman–Crippen MR) is 90.9 cm³/mol. The molecule has 1 heterocycles. The standard InChI is InChI=1S/C14H18ClNO4S2/c1-9-5-12(13(20-2)6-11(9)15)16-14(17)7-21-10-3-4-22(18,19)8-10/h5-6,10H,3-4,7-8H2,1-2H3,(H,16,17)/t10-/m0/s1. The number of benzene rings is 1. The third-order valence-corrected chi connectivity index (χ3v) is 7.08. The van der Waals surface area contributed by atoms with E-state index >= 15 is 0 Å². The summed E-state index contributed by atoms with van der Waals surface area (Å²) in [5.74, 6) is 0.905. The molecule has 0 radical (unpaired) electrons. The lowest BCUT2D eigenvalue weighted by Crippen LogP contribution is -2.17. The highest BCUT2D eigenvalue weighted by Gasteiger charge is 2.28. The molecule has 1 aliphatic heterocycles. The van der Waals surface area contributed by atoms with Crippen LogP contribution in [-0.4, -0.2) is 43.9 Å². The predicted octanol–water partition coefficient (Wildman–Crippen LogP) is 2.52. The normalized spacial score (nSPS) is 19.9. The van der Waals surface area contributed by atoms with Crippen molar-refractivity contribution in [1.82, 2.24) is 0 Å². The number of thioether (sulfide) groups is 1. The number of amides is 1. The summed E-state index contributed by atoms with van der Waals surface area (Å²) < 4.78 is 28.0. The van der Waals surface area contributed by atoms with E-state index in [1.54, 1.807) is 12.1 Å². The van der Waals surface area contributed by atoms with Gasteiger partial charge in [-0.1, -0.05) is 11.6 Å². The summed E-state index contributed by atoms with van der Waals surface area (Å²) in [7, 11) is -1.40. The number of carbonyl (C=O) groups is 1. The van der Waals surface area contributed by atoms with Gasteiger partial charge in [0.2, 0.25) is 5.91 Å². The van der Waals surface area contributed by atoms with Crippen LogP contribution in [0, 0.1) is 6.92 Å². The molecule has 5 nitrogen and oxygen atoms in total. The Hall–Kier alpha value is -0.920. The van der Waals surface area contributed by atoms with Crippen LogP contribution < -0.4 is 10.1 Å². The largest absolute Gasteiger partial charge is 0.495 e. The maximum Gasteiger partial charge on any atom is 0.234 e. The number of carbonyl (C=O) groups excluding carboxylic acids is 1. The van der Waals surface area contributed by atoms with Crippen molar-refractivity contribution < 1.29 is 17.9 Å². The maximum absolute atomic E-state index is 12.0. The quantitative estimate of drug-likeness (QED) is 0.870. The van der Waals surface area contributed by atoms with E-state index in [1.165, 1.54) is 18.9 Å². The molecule has 1 saturated heterocycles. The number of halogens is 1. The van der Waals surface area contributed by atoms with E-state index in [-0.39, 0.29) is 28.4 Å². The van der Waals surface area contributed by atoms with Crippen LogP contribution in [0.3, 0.4) is 0 Å². The van der Waals surface area contributed by atoms with Crippen molar-refractivity contribution in [2.24, 2.45) is 0 Å². The lowest BCUT2D eigenvalue weighted by molar-refractivity contribution is -0.113. The Morgan fingerprint density at radius 2 is 2.23 bits per heavy atom. The Labute approximate surface area is 139 Å². The Morgan fingerprint density at radius 1 is 1.50 bits per heavy atom. The van der Waals surface area contributed by atoms with Crippen LogP contribution in [0.1, 0.15) is 12.0 Å². The zero-order valence-electron chi connectivity index (χ0n) is 12.4. The van der Waals surface area contributed by atoms with Crippen LogP contribution in [0.25, 0.3) is 0 Å². The summed E-state index contributed by atoms with van der Waals surface area (Å²) in [4.78, 5) is 12.0. The van der Waals surface area contributed by atoms with Crippen molar-refractivity contribution in [3.05, 3.63) is 22.7 Å². The molecule has 1 aliphatic rings. The number of nitrogens with one attached hydrogen (secondary N) is 1.